The van der Waals surface area contributed by atoms with Crippen LogP contribution in [0.3, 0.4) is 0 Å². The van der Waals surface area contributed by atoms with E-state index >= 15 is 0 Å². The molecule has 0 atom stereocenters. The highest BCUT2D eigenvalue weighted by atomic mass is 16.5. The van der Waals surface area contributed by atoms with E-state index in [1.165, 1.54) is 0 Å². The Kier molecular flexibility index (Phi) is 7.09. The number of hydrogen-bond acceptors (Lipinski definition) is 3. The van der Waals surface area contributed by atoms with Crippen LogP contribution < -0.4 is 10.1 Å². The molecule has 0 saturated heterocycles. The number of aryl methyl sites for hydroxylation is 2. The average molecular weight is 339 g/mol. The number of carbonyl (C=O) groups is 1. The average Bonchev–Trinajstić information content (AvgIpc) is 2.94. The van der Waals surface area contributed by atoms with Gasteiger partial charge in [0.25, 0.3) is 5.91 Å². The number of nitrogens with zero attached hydrogens (tertiary/aromatic N) is 2. The first-order valence-electron chi connectivity index (χ1n) is 8.56. The number of amides is 1. The predicted octanol–water partition coefficient (Wildman–Crippen LogP) is 3.23. The lowest BCUT2D eigenvalue weighted by atomic mass is 10.2. The van der Waals surface area contributed by atoms with Gasteiger partial charge in [0.15, 0.2) is 0 Å². The van der Waals surface area contributed by atoms with Crippen molar-refractivity contribution in [1.82, 2.24) is 15.1 Å². The van der Waals surface area contributed by atoms with E-state index in [1.54, 1.807) is 17.8 Å². The molecule has 0 aliphatic carbocycles. The van der Waals surface area contributed by atoms with E-state index in [0.29, 0.717) is 18.8 Å². The molecule has 132 valence electrons. The smallest absolute Gasteiger partial charge is 0.269 e. The van der Waals surface area contributed by atoms with Gasteiger partial charge in [-0.15, -0.1) is 5.92 Å². The van der Waals surface area contributed by atoms with E-state index in [-0.39, 0.29) is 5.91 Å². The fourth-order valence-electron chi connectivity index (χ4n) is 2.36. The molecule has 0 unspecified atom stereocenters. The maximum absolute atomic E-state index is 12.2. The summed E-state index contributed by atoms with van der Waals surface area (Å²) in [7, 11) is 1.76. The van der Waals surface area contributed by atoms with Crippen molar-refractivity contribution in [3.05, 3.63) is 47.3 Å². The van der Waals surface area contributed by atoms with Crippen molar-refractivity contribution in [3.8, 4) is 17.6 Å². The number of unbranched alkanes of at least 4 members (excludes halogenated alkanes) is 1. The molecule has 2 rings (SSSR count). The van der Waals surface area contributed by atoms with E-state index in [4.69, 9.17) is 4.74 Å². The normalized spacial score (nSPS) is 10.0. The lowest BCUT2D eigenvalue weighted by Gasteiger charge is -2.08. The summed E-state index contributed by atoms with van der Waals surface area (Å²) < 4.78 is 7.30. The topological polar surface area (TPSA) is 56.1 Å². The molecule has 25 heavy (non-hydrogen) atoms. The molecule has 0 saturated carbocycles. The molecule has 0 aliphatic rings. The van der Waals surface area contributed by atoms with Gasteiger partial charge in [0, 0.05) is 26.4 Å². The minimum Gasteiger partial charge on any atom is -0.493 e. The first-order valence-corrected chi connectivity index (χ1v) is 8.56. The maximum Gasteiger partial charge on any atom is 0.269 e. The third kappa shape index (κ3) is 6.00. The van der Waals surface area contributed by atoms with Crippen LogP contribution in [0.25, 0.3) is 0 Å². The van der Waals surface area contributed by atoms with Gasteiger partial charge >= 0.3 is 0 Å². The summed E-state index contributed by atoms with van der Waals surface area (Å²) in [6, 6.07) is 9.51. The number of rotatable bonds is 7. The Morgan fingerprint density at radius 3 is 2.80 bits per heavy atom. The largest absolute Gasteiger partial charge is 0.493 e. The van der Waals surface area contributed by atoms with Crippen LogP contribution in [0.1, 0.15) is 47.9 Å². The fourth-order valence-corrected chi connectivity index (χ4v) is 2.36. The molecule has 0 spiro atoms. The summed E-state index contributed by atoms with van der Waals surface area (Å²) in [6.45, 7) is 4.99. The zero-order valence-corrected chi connectivity index (χ0v) is 15.1. The lowest BCUT2D eigenvalue weighted by molar-refractivity contribution is 0.0941. The monoisotopic (exact) mass is 339 g/mol. The molecule has 0 radical (unpaired) electrons. The quantitative estimate of drug-likeness (QED) is 0.622. The SMILES string of the molecule is CCCC#CCCOc1cccc(CNC(=O)c2cc(C)nn2C)c1. The molecule has 1 aromatic carbocycles. The van der Waals surface area contributed by atoms with Crippen LogP contribution in [-0.4, -0.2) is 22.3 Å². The molecule has 1 heterocycles. The van der Waals surface area contributed by atoms with Crippen molar-refractivity contribution in [1.29, 1.82) is 0 Å². The van der Waals surface area contributed by atoms with Gasteiger partial charge in [-0.2, -0.15) is 5.10 Å². The van der Waals surface area contributed by atoms with Crippen molar-refractivity contribution < 1.29 is 9.53 Å². The predicted molar refractivity (Wildman–Crippen MR) is 98.4 cm³/mol. The fraction of sp³-hybridized carbons (Fsp3) is 0.400. The van der Waals surface area contributed by atoms with Crippen molar-refractivity contribution in [2.75, 3.05) is 6.61 Å². The third-order valence-corrected chi connectivity index (χ3v) is 3.58. The molecule has 0 fully saturated rings. The highest BCUT2D eigenvalue weighted by Gasteiger charge is 2.11. The molecule has 1 N–H and O–H groups in total. The standard InChI is InChI=1S/C20H25N3O2/c1-4-5-6-7-8-12-25-18-11-9-10-17(14-18)15-21-20(24)19-13-16(2)22-23(19)3/h9-11,13-14H,4-5,8,12,15H2,1-3H3,(H,21,24). The van der Waals surface area contributed by atoms with Crippen LogP contribution in [0.4, 0.5) is 0 Å². The molecule has 5 nitrogen and oxygen atoms in total. The van der Waals surface area contributed by atoms with E-state index in [9.17, 15) is 4.79 Å². The summed E-state index contributed by atoms with van der Waals surface area (Å²) in [5.74, 6) is 6.85. The van der Waals surface area contributed by atoms with E-state index in [1.807, 2.05) is 31.2 Å². The Hall–Kier alpha value is -2.74. The van der Waals surface area contributed by atoms with E-state index in [0.717, 1.165) is 36.3 Å². The maximum atomic E-state index is 12.2. The summed E-state index contributed by atoms with van der Waals surface area (Å²) >= 11 is 0. The molecule has 1 amide bonds. The van der Waals surface area contributed by atoms with Crippen molar-refractivity contribution in [2.24, 2.45) is 7.05 Å². The zero-order chi connectivity index (χ0) is 18.1. The zero-order valence-electron chi connectivity index (χ0n) is 15.1. The van der Waals surface area contributed by atoms with Gasteiger partial charge in [-0.3, -0.25) is 9.48 Å². The van der Waals surface area contributed by atoms with Crippen LogP contribution in [0.2, 0.25) is 0 Å². The van der Waals surface area contributed by atoms with Crippen LogP contribution >= 0.6 is 0 Å². The second-order valence-corrected chi connectivity index (χ2v) is 5.83. The molecule has 1 aromatic heterocycles. The van der Waals surface area contributed by atoms with Crippen molar-refractivity contribution >= 4 is 5.91 Å². The second kappa shape index (κ2) is 9.53. The van der Waals surface area contributed by atoms with E-state index in [2.05, 4.69) is 29.2 Å². The lowest BCUT2D eigenvalue weighted by Crippen LogP contribution is -2.25. The van der Waals surface area contributed by atoms with Crippen LogP contribution in [0.5, 0.6) is 5.75 Å². The van der Waals surface area contributed by atoms with Gasteiger partial charge in [0.2, 0.25) is 0 Å². The first-order chi connectivity index (χ1) is 12.1. The Morgan fingerprint density at radius 1 is 1.28 bits per heavy atom. The molecular weight excluding hydrogens is 314 g/mol. The Bertz CT molecular complexity index is 769. The molecule has 0 aliphatic heterocycles. The van der Waals surface area contributed by atoms with Crippen LogP contribution in [0.15, 0.2) is 30.3 Å². The molecule has 5 heteroatoms. The molecular formula is C20H25N3O2. The Morgan fingerprint density at radius 2 is 2.08 bits per heavy atom. The summed E-state index contributed by atoms with van der Waals surface area (Å²) in [4.78, 5) is 12.2. The third-order valence-electron chi connectivity index (χ3n) is 3.58. The summed E-state index contributed by atoms with van der Waals surface area (Å²) in [5, 5.41) is 7.10. The summed E-state index contributed by atoms with van der Waals surface area (Å²) in [5.41, 5.74) is 2.36. The Balaban J connectivity index is 1.84. The van der Waals surface area contributed by atoms with E-state index < -0.39 is 0 Å². The molecule has 2 aromatic rings. The van der Waals surface area contributed by atoms with Gasteiger partial charge < -0.3 is 10.1 Å². The number of carbonyl (C=O) groups excluding carboxylic acids is 1. The minimum absolute atomic E-state index is 0.138. The van der Waals surface area contributed by atoms with Gasteiger partial charge in [-0.25, -0.2) is 0 Å². The van der Waals surface area contributed by atoms with Crippen molar-refractivity contribution in [2.45, 2.75) is 39.7 Å². The second-order valence-electron chi connectivity index (χ2n) is 5.83. The summed E-state index contributed by atoms with van der Waals surface area (Å²) in [6.07, 6.45) is 2.74. The van der Waals surface area contributed by atoms with Gasteiger partial charge in [0.05, 0.1) is 12.3 Å². The first kappa shape index (κ1) is 18.6. The van der Waals surface area contributed by atoms with Gasteiger partial charge in [-0.1, -0.05) is 25.0 Å². The number of benzene rings is 1. The molecule has 0 bridgehead atoms. The van der Waals surface area contributed by atoms with Gasteiger partial charge in [-0.05, 0) is 37.1 Å². The minimum atomic E-state index is -0.138. The van der Waals surface area contributed by atoms with Crippen LogP contribution in [-0.2, 0) is 13.6 Å². The highest BCUT2D eigenvalue weighted by Crippen LogP contribution is 2.13. The Labute approximate surface area is 149 Å². The number of hydrogen-bond donors (Lipinski definition) is 1. The van der Waals surface area contributed by atoms with Crippen molar-refractivity contribution in [3.63, 3.8) is 0 Å². The number of nitrogens with one attached hydrogen (secondary N) is 1. The van der Waals surface area contributed by atoms with Crippen LogP contribution in [0, 0.1) is 18.8 Å². The van der Waals surface area contributed by atoms with Gasteiger partial charge in [0.1, 0.15) is 11.4 Å². The number of ether oxygens (including phenoxy) is 1. The highest BCUT2D eigenvalue weighted by molar-refractivity contribution is 5.92. The number of aromatic nitrogens is 2.